The Bertz CT molecular complexity index is 788. The predicted molar refractivity (Wildman–Crippen MR) is 95.8 cm³/mol. The zero-order chi connectivity index (χ0) is 17.4. The molecule has 0 aliphatic carbocycles. The summed E-state index contributed by atoms with van der Waals surface area (Å²) in [4.78, 5) is 12.6. The molecule has 0 saturated carbocycles. The van der Waals surface area contributed by atoms with Gasteiger partial charge in [0, 0.05) is 23.4 Å². The second-order valence-corrected chi connectivity index (χ2v) is 6.33. The number of hydrogen-bond acceptors (Lipinski definition) is 5. The van der Waals surface area contributed by atoms with Gasteiger partial charge in [-0.3, -0.25) is 15.1 Å². The molecule has 2 aromatic rings. The van der Waals surface area contributed by atoms with E-state index in [0.717, 1.165) is 16.9 Å². The number of aryl methyl sites for hydroxylation is 1. The van der Waals surface area contributed by atoms with Gasteiger partial charge in [-0.05, 0) is 36.8 Å². The lowest BCUT2D eigenvalue weighted by atomic mass is 10.1. The van der Waals surface area contributed by atoms with Gasteiger partial charge in [0.1, 0.15) is 11.9 Å². The molecule has 7 heteroatoms. The number of carbonyl (C=O) groups excluding carboxylic acids is 1. The van der Waals surface area contributed by atoms with Crippen LogP contribution in [0.1, 0.15) is 11.1 Å². The Balaban J connectivity index is 1.47. The molecule has 25 heavy (non-hydrogen) atoms. The molecule has 6 nitrogen and oxygen atoms in total. The summed E-state index contributed by atoms with van der Waals surface area (Å²) in [5.41, 5.74) is 7.13. The highest BCUT2D eigenvalue weighted by Crippen LogP contribution is 2.32. The molecule has 0 aromatic heterocycles. The Morgan fingerprint density at radius 1 is 1.32 bits per heavy atom. The van der Waals surface area contributed by atoms with E-state index in [1.165, 1.54) is 6.07 Å². The fourth-order valence-electron chi connectivity index (χ4n) is 3.27. The SMILES string of the molecule is Cc1ccc(F)c2c1NC(C(=O)Nc1cccc(N3CNCN3)c1)C2. The lowest BCUT2D eigenvalue weighted by Gasteiger charge is -2.18. The van der Waals surface area contributed by atoms with E-state index >= 15 is 0 Å². The van der Waals surface area contributed by atoms with Gasteiger partial charge in [-0.15, -0.1) is 0 Å². The average molecular weight is 341 g/mol. The fourth-order valence-corrected chi connectivity index (χ4v) is 3.27. The number of amides is 1. The highest BCUT2D eigenvalue weighted by atomic mass is 19.1. The van der Waals surface area contributed by atoms with Crippen molar-refractivity contribution in [3.05, 3.63) is 53.3 Å². The van der Waals surface area contributed by atoms with Crippen molar-refractivity contribution in [2.45, 2.75) is 19.4 Å². The maximum atomic E-state index is 14.0. The summed E-state index contributed by atoms with van der Waals surface area (Å²) in [6, 6.07) is 10.3. The minimum atomic E-state index is -0.471. The van der Waals surface area contributed by atoms with Gasteiger partial charge < -0.3 is 10.6 Å². The van der Waals surface area contributed by atoms with Gasteiger partial charge >= 0.3 is 0 Å². The monoisotopic (exact) mass is 341 g/mol. The van der Waals surface area contributed by atoms with Crippen LogP contribution < -0.4 is 26.4 Å². The third kappa shape index (κ3) is 3.04. The third-order valence-corrected chi connectivity index (χ3v) is 4.60. The molecule has 0 radical (unpaired) electrons. The van der Waals surface area contributed by atoms with E-state index < -0.39 is 6.04 Å². The van der Waals surface area contributed by atoms with Gasteiger partial charge in [0.15, 0.2) is 0 Å². The Kier molecular flexibility index (Phi) is 4.03. The number of anilines is 3. The predicted octanol–water partition coefficient (Wildman–Crippen LogP) is 1.94. The first kappa shape index (κ1) is 15.9. The van der Waals surface area contributed by atoms with Gasteiger partial charge in [-0.1, -0.05) is 12.1 Å². The first-order valence-corrected chi connectivity index (χ1v) is 8.29. The first-order chi connectivity index (χ1) is 12.1. The number of hydrogen-bond donors (Lipinski definition) is 4. The van der Waals surface area contributed by atoms with Crippen molar-refractivity contribution in [1.82, 2.24) is 10.7 Å². The van der Waals surface area contributed by atoms with E-state index in [9.17, 15) is 9.18 Å². The maximum Gasteiger partial charge on any atom is 0.247 e. The smallest absolute Gasteiger partial charge is 0.247 e. The van der Waals surface area contributed by atoms with Crippen molar-refractivity contribution in [1.29, 1.82) is 0 Å². The molecule has 4 rings (SSSR count). The Morgan fingerprint density at radius 3 is 2.96 bits per heavy atom. The fraction of sp³-hybridized carbons (Fsp3) is 0.278. The minimum Gasteiger partial charge on any atom is -0.373 e. The topological polar surface area (TPSA) is 68.4 Å². The van der Waals surface area contributed by atoms with Crippen LogP contribution in [0.2, 0.25) is 0 Å². The molecule has 2 aliphatic rings. The molecule has 2 aromatic carbocycles. The van der Waals surface area contributed by atoms with Gasteiger partial charge in [0.25, 0.3) is 0 Å². The molecule has 4 N–H and O–H groups in total. The molecule has 1 fully saturated rings. The molecule has 1 saturated heterocycles. The molecular formula is C18H20FN5O. The summed E-state index contributed by atoms with van der Waals surface area (Å²) in [6.07, 6.45) is 0.353. The van der Waals surface area contributed by atoms with E-state index in [1.807, 2.05) is 36.2 Å². The minimum absolute atomic E-state index is 0.167. The Labute approximate surface area is 145 Å². The molecule has 2 aliphatic heterocycles. The Hall–Kier alpha value is -2.64. The van der Waals surface area contributed by atoms with Crippen LogP contribution in [0, 0.1) is 12.7 Å². The van der Waals surface area contributed by atoms with E-state index in [0.29, 0.717) is 31.0 Å². The summed E-state index contributed by atoms with van der Waals surface area (Å²) in [5, 5.41) is 11.2. The second-order valence-electron chi connectivity index (χ2n) is 6.33. The maximum absolute atomic E-state index is 14.0. The molecule has 0 bridgehead atoms. The summed E-state index contributed by atoms with van der Waals surface area (Å²) in [5.74, 6) is -0.433. The highest BCUT2D eigenvalue weighted by Gasteiger charge is 2.30. The Morgan fingerprint density at radius 2 is 2.20 bits per heavy atom. The van der Waals surface area contributed by atoms with Crippen molar-refractivity contribution < 1.29 is 9.18 Å². The lowest BCUT2D eigenvalue weighted by molar-refractivity contribution is -0.116. The molecule has 1 amide bonds. The van der Waals surface area contributed by atoms with E-state index in [4.69, 9.17) is 0 Å². The summed E-state index contributed by atoms with van der Waals surface area (Å²) < 4.78 is 14.0. The molecule has 2 heterocycles. The zero-order valence-electron chi connectivity index (χ0n) is 13.9. The molecule has 1 unspecified atom stereocenters. The number of carbonyl (C=O) groups is 1. The van der Waals surface area contributed by atoms with E-state index in [2.05, 4.69) is 21.4 Å². The number of fused-ring (bicyclic) bond motifs is 1. The first-order valence-electron chi connectivity index (χ1n) is 8.29. The normalized spacial score (nSPS) is 18.8. The number of rotatable bonds is 3. The number of benzene rings is 2. The molecule has 1 atom stereocenters. The quantitative estimate of drug-likeness (QED) is 0.687. The van der Waals surface area contributed by atoms with Crippen molar-refractivity contribution in [2.75, 3.05) is 29.0 Å². The standard InChI is InChI=1S/C18H20FN5O/c1-11-5-6-15(19)14-8-16(23-17(11)14)18(25)22-12-3-2-4-13(7-12)24-10-20-9-21-24/h2-7,16,20-21,23H,8-10H2,1H3,(H,22,25). The average Bonchev–Trinajstić information content (AvgIpc) is 3.28. The van der Waals surface area contributed by atoms with Gasteiger partial charge in [0.2, 0.25) is 5.91 Å². The number of hydrazine groups is 1. The zero-order valence-corrected chi connectivity index (χ0v) is 13.9. The van der Waals surface area contributed by atoms with Crippen LogP contribution in [0.25, 0.3) is 0 Å². The molecular weight excluding hydrogens is 321 g/mol. The number of halogens is 1. The van der Waals surface area contributed by atoms with E-state index in [1.54, 1.807) is 6.07 Å². The summed E-state index contributed by atoms with van der Waals surface area (Å²) >= 11 is 0. The highest BCUT2D eigenvalue weighted by molar-refractivity contribution is 5.98. The van der Waals surface area contributed by atoms with Crippen LogP contribution in [0.5, 0.6) is 0 Å². The number of nitrogens with one attached hydrogen (secondary N) is 4. The van der Waals surface area contributed by atoms with Crippen LogP contribution >= 0.6 is 0 Å². The van der Waals surface area contributed by atoms with Crippen LogP contribution in [0.15, 0.2) is 36.4 Å². The molecule has 130 valence electrons. The van der Waals surface area contributed by atoms with Crippen LogP contribution in [-0.4, -0.2) is 25.3 Å². The summed E-state index contributed by atoms with van der Waals surface area (Å²) in [7, 11) is 0. The molecule has 0 spiro atoms. The van der Waals surface area contributed by atoms with Gasteiger partial charge in [-0.2, -0.15) is 0 Å². The number of nitrogens with zero attached hydrogens (tertiary/aromatic N) is 1. The third-order valence-electron chi connectivity index (χ3n) is 4.60. The van der Waals surface area contributed by atoms with Crippen LogP contribution in [-0.2, 0) is 11.2 Å². The van der Waals surface area contributed by atoms with Crippen molar-refractivity contribution in [2.24, 2.45) is 0 Å². The van der Waals surface area contributed by atoms with E-state index in [-0.39, 0.29) is 11.7 Å². The van der Waals surface area contributed by atoms with Crippen molar-refractivity contribution in [3.63, 3.8) is 0 Å². The summed E-state index contributed by atoms with van der Waals surface area (Å²) in [6.45, 7) is 3.33. The van der Waals surface area contributed by atoms with Crippen LogP contribution in [0.4, 0.5) is 21.5 Å². The second kappa shape index (κ2) is 6.34. The van der Waals surface area contributed by atoms with Crippen molar-refractivity contribution >= 4 is 23.0 Å². The largest absolute Gasteiger partial charge is 0.373 e. The van der Waals surface area contributed by atoms with Gasteiger partial charge in [0.05, 0.1) is 19.0 Å². The lowest BCUT2D eigenvalue weighted by Crippen LogP contribution is -2.33. The van der Waals surface area contributed by atoms with Crippen LogP contribution in [0.3, 0.4) is 0 Å². The van der Waals surface area contributed by atoms with Gasteiger partial charge in [-0.25, -0.2) is 9.82 Å². The van der Waals surface area contributed by atoms with Crippen molar-refractivity contribution in [3.8, 4) is 0 Å².